The summed E-state index contributed by atoms with van der Waals surface area (Å²) in [6.45, 7) is 11.2. The average molecular weight is 330 g/mol. The lowest BCUT2D eigenvalue weighted by molar-refractivity contribution is -0.165. The highest BCUT2D eigenvalue weighted by Crippen LogP contribution is 2.08. The molecule has 0 aromatic rings. The summed E-state index contributed by atoms with van der Waals surface area (Å²) in [7, 11) is 0. The third-order valence-electron chi connectivity index (χ3n) is 2.29. The normalized spacial score (nSPS) is 10.8. The van der Waals surface area contributed by atoms with Gasteiger partial charge in [0.1, 0.15) is 5.60 Å². The highest BCUT2D eigenvalue weighted by Gasteiger charge is 2.19. The van der Waals surface area contributed by atoms with E-state index < -0.39 is 30.1 Å². The second-order valence-corrected chi connectivity index (χ2v) is 5.71. The minimum Gasteiger partial charge on any atom is -0.465 e. The molecule has 0 spiro atoms. The van der Waals surface area contributed by atoms with Crippen LogP contribution in [0, 0.1) is 0 Å². The lowest BCUT2D eigenvalue weighted by Crippen LogP contribution is -2.27. The number of hydrogen-bond donors (Lipinski definition) is 0. The summed E-state index contributed by atoms with van der Waals surface area (Å²) in [5.41, 5.74) is -0.741. The van der Waals surface area contributed by atoms with Gasteiger partial charge in [-0.25, -0.2) is 9.59 Å². The Morgan fingerprint density at radius 1 is 1.00 bits per heavy atom. The molecule has 7 nitrogen and oxygen atoms in total. The predicted molar refractivity (Wildman–Crippen MR) is 82.6 cm³/mol. The molecule has 23 heavy (non-hydrogen) atoms. The van der Waals surface area contributed by atoms with Crippen LogP contribution in [0.15, 0.2) is 12.2 Å². The van der Waals surface area contributed by atoms with Crippen molar-refractivity contribution in [1.82, 2.24) is 0 Å². The maximum atomic E-state index is 11.6. The number of hydrogen-bond acceptors (Lipinski definition) is 7. The third kappa shape index (κ3) is 12.3. The lowest BCUT2D eigenvalue weighted by atomic mass is 10.2. The van der Waals surface area contributed by atoms with Crippen LogP contribution in [0.1, 0.15) is 40.5 Å². The number of carbonyl (C=O) groups is 3. The summed E-state index contributed by atoms with van der Waals surface area (Å²) < 4.78 is 19.7. The van der Waals surface area contributed by atoms with E-state index in [9.17, 15) is 14.4 Å². The van der Waals surface area contributed by atoms with Gasteiger partial charge >= 0.3 is 17.9 Å². The molecule has 0 aliphatic carbocycles. The molecule has 0 bridgehead atoms. The van der Waals surface area contributed by atoms with Crippen molar-refractivity contribution in [3.8, 4) is 0 Å². The van der Waals surface area contributed by atoms with E-state index in [0.29, 0.717) is 19.6 Å². The van der Waals surface area contributed by atoms with Crippen LogP contribution in [-0.2, 0) is 33.3 Å². The topological polar surface area (TPSA) is 88.1 Å². The van der Waals surface area contributed by atoms with Crippen LogP contribution < -0.4 is 0 Å². The summed E-state index contributed by atoms with van der Waals surface area (Å²) in [4.78, 5) is 34.5. The zero-order chi connectivity index (χ0) is 17.9. The monoisotopic (exact) mass is 330 g/mol. The van der Waals surface area contributed by atoms with E-state index in [0.717, 1.165) is 0 Å². The standard InChI is InChI=1S/C16H26O7/c1-6-20-8-7-9-21-13(17)10-12(2)15(19)22-11-14(18)23-16(3,4)5/h2,6-11H2,1,3-5H3. The van der Waals surface area contributed by atoms with Crippen molar-refractivity contribution in [3.63, 3.8) is 0 Å². The first kappa shape index (κ1) is 21.1. The first-order chi connectivity index (χ1) is 10.7. The molecule has 7 heteroatoms. The lowest BCUT2D eigenvalue weighted by Gasteiger charge is -2.19. The van der Waals surface area contributed by atoms with Crippen molar-refractivity contribution in [2.24, 2.45) is 0 Å². The second kappa shape index (κ2) is 10.8. The molecule has 132 valence electrons. The highest BCUT2D eigenvalue weighted by atomic mass is 16.6. The van der Waals surface area contributed by atoms with Crippen LogP contribution in [-0.4, -0.2) is 49.9 Å². The van der Waals surface area contributed by atoms with Gasteiger partial charge in [0.15, 0.2) is 6.61 Å². The van der Waals surface area contributed by atoms with Crippen LogP contribution in [0.2, 0.25) is 0 Å². The third-order valence-corrected chi connectivity index (χ3v) is 2.29. The zero-order valence-electron chi connectivity index (χ0n) is 14.3. The van der Waals surface area contributed by atoms with Crippen LogP contribution >= 0.6 is 0 Å². The molecule has 0 aliphatic rings. The Morgan fingerprint density at radius 2 is 1.65 bits per heavy atom. The molecular formula is C16H26O7. The first-order valence-corrected chi connectivity index (χ1v) is 7.45. The SMILES string of the molecule is C=C(CC(=O)OCCCOCC)C(=O)OCC(=O)OC(C)(C)C. The van der Waals surface area contributed by atoms with Gasteiger partial charge in [-0.2, -0.15) is 0 Å². The van der Waals surface area contributed by atoms with Crippen molar-refractivity contribution in [2.75, 3.05) is 26.4 Å². The van der Waals surface area contributed by atoms with Crippen LogP contribution in [0.5, 0.6) is 0 Å². The van der Waals surface area contributed by atoms with Gasteiger partial charge in [-0.3, -0.25) is 4.79 Å². The van der Waals surface area contributed by atoms with Gasteiger partial charge < -0.3 is 18.9 Å². The Morgan fingerprint density at radius 3 is 2.22 bits per heavy atom. The molecule has 0 aromatic carbocycles. The highest BCUT2D eigenvalue weighted by molar-refractivity contribution is 5.94. The van der Waals surface area contributed by atoms with Gasteiger partial charge in [0, 0.05) is 25.2 Å². The summed E-state index contributed by atoms with van der Waals surface area (Å²) in [6.07, 6.45) is 0.289. The zero-order valence-corrected chi connectivity index (χ0v) is 14.3. The maximum Gasteiger partial charge on any atom is 0.344 e. The average Bonchev–Trinajstić information content (AvgIpc) is 2.42. The number of ether oxygens (including phenoxy) is 4. The minimum absolute atomic E-state index is 0.0802. The summed E-state index contributed by atoms with van der Waals surface area (Å²) in [5, 5.41) is 0. The number of esters is 3. The minimum atomic E-state index is -0.831. The van der Waals surface area contributed by atoms with Crippen molar-refractivity contribution in [2.45, 2.75) is 46.1 Å². The van der Waals surface area contributed by atoms with Gasteiger partial charge in [0.25, 0.3) is 0 Å². The molecule has 0 aliphatic heterocycles. The van der Waals surface area contributed by atoms with Crippen LogP contribution in [0.25, 0.3) is 0 Å². The van der Waals surface area contributed by atoms with E-state index >= 15 is 0 Å². The van der Waals surface area contributed by atoms with Gasteiger partial charge in [0.2, 0.25) is 0 Å². The molecule has 0 atom stereocenters. The molecule has 0 unspecified atom stereocenters. The Bertz CT molecular complexity index is 421. The predicted octanol–water partition coefficient (Wildman–Crippen LogP) is 1.79. The fraction of sp³-hybridized carbons (Fsp3) is 0.688. The summed E-state index contributed by atoms with van der Waals surface area (Å²) >= 11 is 0. The molecule has 0 fully saturated rings. The molecule has 0 N–H and O–H groups in total. The van der Waals surface area contributed by atoms with Gasteiger partial charge in [-0.1, -0.05) is 6.58 Å². The van der Waals surface area contributed by atoms with E-state index in [2.05, 4.69) is 6.58 Å². The Balaban J connectivity index is 3.95. The van der Waals surface area contributed by atoms with Crippen LogP contribution in [0.3, 0.4) is 0 Å². The van der Waals surface area contributed by atoms with Crippen molar-refractivity contribution in [3.05, 3.63) is 12.2 Å². The molecule has 0 aromatic heterocycles. The molecule has 0 rings (SSSR count). The fourth-order valence-electron chi connectivity index (χ4n) is 1.39. The molecule has 0 saturated heterocycles. The Kier molecular flexibility index (Phi) is 9.89. The fourth-order valence-corrected chi connectivity index (χ4v) is 1.39. The molecule has 0 radical (unpaired) electrons. The van der Waals surface area contributed by atoms with Gasteiger partial charge in [-0.05, 0) is 27.7 Å². The summed E-state index contributed by atoms with van der Waals surface area (Å²) in [5.74, 6) is -2.08. The smallest absolute Gasteiger partial charge is 0.344 e. The van der Waals surface area contributed by atoms with Crippen molar-refractivity contribution < 1.29 is 33.3 Å². The molecule has 0 heterocycles. The van der Waals surface area contributed by atoms with E-state index in [1.165, 1.54) is 0 Å². The van der Waals surface area contributed by atoms with Crippen LogP contribution in [0.4, 0.5) is 0 Å². The van der Waals surface area contributed by atoms with E-state index in [-0.39, 0.29) is 18.6 Å². The number of carbonyl (C=O) groups excluding carboxylic acids is 3. The second-order valence-electron chi connectivity index (χ2n) is 5.71. The van der Waals surface area contributed by atoms with E-state index in [1.54, 1.807) is 20.8 Å². The first-order valence-electron chi connectivity index (χ1n) is 7.45. The van der Waals surface area contributed by atoms with E-state index in [4.69, 9.17) is 18.9 Å². The summed E-state index contributed by atoms with van der Waals surface area (Å²) in [6, 6.07) is 0. The van der Waals surface area contributed by atoms with Crippen molar-refractivity contribution in [1.29, 1.82) is 0 Å². The molecule has 0 amide bonds. The largest absolute Gasteiger partial charge is 0.465 e. The van der Waals surface area contributed by atoms with Gasteiger partial charge in [-0.15, -0.1) is 0 Å². The van der Waals surface area contributed by atoms with Gasteiger partial charge in [0.05, 0.1) is 13.0 Å². The Labute approximate surface area is 136 Å². The van der Waals surface area contributed by atoms with E-state index in [1.807, 2.05) is 6.92 Å². The quantitative estimate of drug-likeness (QED) is 0.261. The van der Waals surface area contributed by atoms with Crippen molar-refractivity contribution >= 4 is 17.9 Å². The maximum absolute atomic E-state index is 11.6. The molecular weight excluding hydrogens is 304 g/mol. The number of rotatable bonds is 10. The molecule has 0 saturated carbocycles. The Hall–Kier alpha value is -1.89.